The molecule has 2 aromatic heterocycles. The predicted molar refractivity (Wildman–Crippen MR) is 163 cm³/mol. The molecular formula is C28H52N5O4PS. The quantitative estimate of drug-likeness (QED) is 0.0895. The molecule has 2 atom stereocenters. The molecule has 2 heterocycles. The highest BCUT2D eigenvalue weighted by Crippen LogP contribution is 2.42. The van der Waals surface area contributed by atoms with Gasteiger partial charge in [-0.3, -0.25) is 4.57 Å². The van der Waals surface area contributed by atoms with Crippen molar-refractivity contribution in [1.29, 1.82) is 0 Å². The van der Waals surface area contributed by atoms with Crippen LogP contribution in [0.1, 0.15) is 110 Å². The maximum atomic E-state index is 12.3. The number of nitrogens with zero attached hydrogens (tertiary/aromatic N) is 4. The molecule has 39 heavy (non-hydrogen) atoms. The largest absolute Gasteiger partial charge is 0.382 e. The van der Waals surface area contributed by atoms with E-state index in [9.17, 15) is 9.46 Å². The highest BCUT2D eigenvalue weighted by Gasteiger charge is 2.21. The summed E-state index contributed by atoms with van der Waals surface area (Å²) in [6.07, 6.45) is 21.5. The molecule has 0 bridgehead atoms. The number of fused-ring (bicyclic) bond motifs is 1. The van der Waals surface area contributed by atoms with Crippen molar-refractivity contribution in [2.24, 2.45) is 0 Å². The molecule has 0 amide bonds. The van der Waals surface area contributed by atoms with Crippen molar-refractivity contribution in [2.45, 2.75) is 123 Å². The van der Waals surface area contributed by atoms with Gasteiger partial charge in [-0.2, -0.15) is 11.8 Å². The van der Waals surface area contributed by atoms with Crippen molar-refractivity contribution in [3.05, 3.63) is 12.7 Å². The van der Waals surface area contributed by atoms with Crippen molar-refractivity contribution in [2.75, 3.05) is 30.2 Å². The van der Waals surface area contributed by atoms with Gasteiger partial charge in [-0.15, -0.1) is 0 Å². The highest BCUT2D eigenvalue weighted by atomic mass is 32.2. The summed E-state index contributed by atoms with van der Waals surface area (Å²) in [5.41, 5.74) is 6.95. The summed E-state index contributed by atoms with van der Waals surface area (Å²) in [4.78, 5) is 22.4. The summed E-state index contributed by atoms with van der Waals surface area (Å²) >= 11 is 2.12. The minimum Gasteiger partial charge on any atom is -0.382 e. The van der Waals surface area contributed by atoms with Crippen molar-refractivity contribution >= 4 is 36.3 Å². The molecule has 0 spiro atoms. The Morgan fingerprint density at radius 3 is 2.15 bits per heavy atom. The topological polar surface area (TPSA) is 125 Å². The fraction of sp³-hybridized carbons (Fsp3) is 0.821. The molecule has 0 aliphatic rings. The number of thioether (sulfide) groups is 1. The van der Waals surface area contributed by atoms with Crippen LogP contribution in [0.4, 0.5) is 5.82 Å². The summed E-state index contributed by atoms with van der Waals surface area (Å²) in [6, 6.07) is 0. The van der Waals surface area contributed by atoms with Gasteiger partial charge in [0.25, 0.3) is 0 Å². The van der Waals surface area contributed by atoms with Gasteiger partial charge >= 0.3 is 7.60 Å². The van der Waals surface area contributed by atoms with Crippen LogP contribution >= 0.6 is 19.4 Å². The number of rotatable bonds is 25. The first-order chi connectivity index (χ1) is 18.9. The molecule has 0 saturated heterocycles. The van der Waals surface area contributed by atoms with E-state index in [0.717, 1.165) is 19.3 Å². The summed E-state index contributed by atoms with van der Waals surface area (Å²) < 4.78 is 24.9. The fourth-order valence-corrected chi connectivity index (χ4v) is 6.46. The Morgan fingerprint density at radius 1 is 0.923 bits per heavy atom. The molecule has 0 aromatic carbocycles. The molecule has 3 N–H and O–H groups in total. The van der Waals surface area contributed by atoms with Gasteiger partial charge in [0.15, 0.2) is 11.5 Å². The van der Waals surface area contributed by atoms with E-state index in [4.69, 9.17) is 15.0 Å². The first kappa shape index (κ1) is 34.0. The third-order valence-electron chi connectivity index (χ3n) is 6.77. The van der Waals surface area contributed by atoms with Crippen LogP contribution in [0.5, 0.6) is 0 Å². The Hall–Kier alpha value is -1.19. The van der Waals surface area contributed by atoms with E-state index in [1.54, 1.807) is 10.9 Å². The minimum atomic E-state index is -3.78. The number of anilines is 1. The van der Waals surface area contributed by atoms with Crippen LogP contribution in [0.25, 0.3) is 11.2 Å². The van der Waals surface area contributed by atoms with E-state index >= 15 is 0 Å². The minimum absolute atomic E-state index is 0.283. The van der Waals surface area contributed by atoms with Gasteiger partial charge in [-0.25, -0.2) is 15.0 Å². The van der Waals surface area contributed by atoms with Crippen LogP contribution in [0.2, 0.25) is 0 Å². The van der Waals surface area contributed by atoms with Gasteiger partial charge in [0.05, 0.1) is 25.6 Å². The number of nitrogen functional groups attached to an aromatic ring is 1. The molecule has 0 aliphatic heterocycles. The second kappa shape index (κ2) is 20.7. The van der Waals surface area contributed by atoms with E-state index < -0.39 is 7.60 Å². The maximum absolute atomic E-state index is 12.3. The van der Waals surface area contributed by atoms with Crippen molar-refractivity contribution in [1.82, 2.24) is 19.5 Å². The molecule has 0 saturated carbocycles. The van der Waals surface area contributed by atoms with Gasteiger partial charge in [-0.05, 0) is 37.7 Å². The zero-order valence-corrected chi connectivity index (χ0v) is 26.0. The number of unbranched alkanes of at least 4 members (excludes halogenated alkanes) is 13. The van der Waals surface area contributed by atoms with Crippen LogP contribution in [0.15, 0.2) is 12.7 Å². The van der Waals surface area contributed by atoms with Crippen LogP contribution in [0.3, 0.4) is 0 Å². The Labute approximate surface area is 240 Å². The molecule has 224 valence electrons. The Morgan fingerprint density at radius 2 is 1.51 bits per heavy atom. The molecular weight excluding hydrogens is 533 g/mol. The van der Waals surface area contributed by atoms with E-state index in [0.29, 0.717) is 23.5 Å². The predicted octanol–water partition coefficient (Wildman–Crippen LogP) is 7.58. The highest BCUT2D eigenvalue weighted by molar-refractivity contribution is 7.99. The first-order valence-electron chi connectivity index (χ1n) is 15.0. The molecule has 0 radical (unpaired) electrons. The lowest BCUT2D eigenvalue weighted by molar-refractivity contribution is 0.0715. The lowest BCUT2D eigenvalue weighted by Gasteiger charge is -2.17. The maximum Gasteiger partial charge on any atom is 0.353 e. The lowest BCUT2D eigenvalue weighted by atomic mass is 10.0. The number of nitrogens with two attached hydrogens (primary N) is 1. The second-order valence-corrected chi connectivity index (χ2v) is 13.5. The molecule has 11 heteroatoms. The van der Waals surface area contributed by atoms with Gasteiger partial charge in [0, 0.05) is 0 Å². The first-order valence-corrected chi connectivity index (χ1v) is 17.9. The Kier molecular flexibility index (Phi) is 18.0. The van der Waals surface area contributed by atoms with E-state index in [-0.39, 0.29) is 19.1 Å². The molecule has 0 aliphatic carbocycles. The average molecular weight is 586 g/mol. The van der Waals surface area contributed by atoms with E-state index in [2.05, 4.69) is 33.6 Å². The van der Waals surface area contributed by atoms with Crippen LogP contribution in [0, 0.1) is 0 Å². The third-order valence-corrected chi connectivity index (χ3v) is 8.99. The Bertz CT molecular complexity index is 948. The number of imidazole rings is 1. The summed E-state index contributed by atoms with van der Waals surface area (Å²) in [6.45, 7) is 4.79. The summed E-state index contributed by atoms with van der Waals surface area (Å²) in [7, 11) is -3.78. The van der Waals surface area contributed by atoms with Gasteiger partial charge < -0.3 is 24.5 Å². The number of hydrogen-bond donors (Lipinski definition) is 2. The number of aromatic nitrogens is 4. The van der Waals surface area contributed by atoms with Crippen molar-refractivity contribution in [3.8, 4) is 0 Å². The summed E-state index contributed by atoms with van der Waals surface area (Å²) in [5.74, 6) is 3.00. The number of ether oxygens (including phenoxy) is 1. The zero-order valence-electron chi connectivity index (χ0n) is 24.3. The summed E-state index contributed by atoms with van der Waals surface area (Å²) in [5, 5.41) is 0. The SMILES string of the molecule is CCCCSCCCCCCCCCCCCCCCOP(=O)(O)CO[C@H](C)Cn1cnc2c(N)ncnc21. The van der Waals surface area contributed by atoms with Gasteiger partial charge in [0.2, 0.25) is 0 Å². The van der Waals surface area contributed by atoms with Crippen LogP contribution in [-0.2, 0) is 20.4 Å². The van der Waals surface area contributed by atoms with Crippen molar-refractivity contribution in [3.63, 3.8) is 0 Å². The smallest absolute Gasteiger partial charge is 0.353 e. The molecule has 0 fully saturated rings. The molecule has 9 nitrogen and oxygen atoms in total. The lowest BCUT2D eigenvalue weighted by Crippen LogP contribution is -2.17. The van der Waals surface area contributed by atoms with Gasteiger partial charge in [-0.1, -0.05) is 84.0 Å². The van der Waals surface area contributed by atoms with E-state index in [1.807, 2.05) is 6.92 Å². The average Bonchev–Trinajstić information content (AvgIpc) is 3.32. The Balaban J connectivity index is 1.38. The number of hydrogen-bond acceptors (Lipinski definition) is 8. The van der Waals surface area contributed by atoms with E-state index in [1.165, 1.54) is 94.9 Å². The molecule has 2 aromatic rings. The monoisotopic (exact) mass is 585 g/mol. The standard InChI is InChI=1S/C28H52N5O4PS/c1-3-4-19-39-20-17-15-13-11-9-7-5-6-8-10-12-14-16-18-37-38(34,35)24-36-25(2)21-33-23-32-26-27(29)30-22-31-28(26)33/h22-23,25H,3-21,24H2,1-2H3,(H,34,35)(H2,29,30,31)/t25-/m1/s1. The van der Waals surface area contributed by atoms with Crippen LogP contribution in [-0.4, -0.2) is 55.0 Å². The fourth-order valence-electron chi connectivity index (χ4n) is 4.43. The molecule has 1 unspecified atom stereocenters. The van der Waals surface area contributed by atoms with Crippen LogP contribution < -0.4 is 5.73 Å². The van der Waals surface area contributed by atoms with Crippen molar-refractivity contribution < 1.29 is 18.7 Å². The second-order valence-electron chi connectivity index (χ2n) is 10.5. The third kappa shape index (κ3) is 15.4. The zero-order chi connectivity index (χ0) is 28.2. The normalized spacial score (nSPS) is 14.1. The molecule has 2 rings (SSSR count). The van der Waals surface area contributed by atoms with Gasteiger partial charge in [0.1, 0.15) is 18.2 Å².